The number of alkyl carbamates (subject to hydrolysis) is 1. The number of benzene rings is 2. The van der Waals surface area contributed by atoms with Gasteiger partial charge in [0.2, 0.25) is 0 Å². The largest absolute Gasteiger partial charge is 0.481 e. The van der Waals surface area contributed by atoms with Crippen molar-refractivity contribution in [1.82, 2.24) is 5.32 Å². The first-order valence-corrected chi connectivity index (χ1v) is 9.35. The highest BCUT2D eigenvalue weighted by atomic mass is 16.5. The minimum Gasteiger partial charge on any atom is -0.481 e. The second-order valence-electron chi connectivity index (χ2n) is 6.47. The van der Waals surface area contributed by atoms with Crippen LogP contribution in [0.1, 0.15) is 24.0 Å². The normalized spacial score (nSPS) is 11.2. The Kier molecular flexibility index (Phi) is 9.05. The number of carbonyl (C=O) groups is 4. The summed E-state index contributed by atoms with van der Waals surface area (Å²) in [6.45, 7) is -0.667. The van der Waals surface area contributed by atoms with Crippen LogP contribution in [0.5, 0.6) is 0 Å². The first-order valence-electron chi connectivity index (χ1n) is 9.35. The summed E-state index contributed by atoms with van der Waals surface area (Å²) in [6, 6.07) is 16.8. The van der Waals surface area contributed by atoms with Crippen molar-refractivity contribution in [3.05, 3.63) is 71.8 Å². The molecule has 158 valence electrons. The number of rotatable bonds is 11. The number of ether oxygens (including phenoxy) is 2. The van der Waals surface area contributed by atoms with E-state index >= 15 is 0 Å². The van der Waals surface area contributed by atoms with Crippen LogP contribution in [0.4, 0.5) is 4.79 Å². The van der Waals surface area contributed by atoms with E-state index in [4.69, 9.17) is 14.6 Å². The first kappa shape index (κ1) is 22.6. The maximum absolute atomic E-state index is 12.3. The molecule has 0 radical (unpaired) electrons. The summed E-state index contributed by atoms with van der Waals surface area (Å²) in [5.74, 6) is -2.61. The van der Waals surface area contributed by atoms with Gasteiger partial charge in [-0.1, -0.05) is 60.7 Å². The predicted molar refractivity (Wildman–Crippen MR) is 107 cm³/mol. The molecule has 0 aromatic heterocycles. The van der Waals surface area contributed by atoms with E-state index in [0.717, 1.165) is 11.1 Å². The zero-order valence-corrected chi connectivity index (χ0v) is 16.3. The van der Waals surface area contributed by atoms with Crippen molar-refractivity contribution in [1.29, 1.82) is 0 Å². The maximum Gasteiger partial charge on any atom is 0.408 e. The Morgan fingerprint density at radius 1 is 0.867 bits per heavy atom. The van der Waals surface area contributed by atoms with Gasteiger partial charge in [0.25, 0.3) is 0 Å². The molecule has 8 nitrogen and oxygen atoms in total. The molecule has 0 unspecified atom stereocenters. The highest BCUT2D eigenvalue weighted by Gasteiger charge is 2.25. The number of nitrogens with one attached hydrogen (secondary N) is 1. The number of carboxylic acid groups (broad SMARTS) is 1. The van der Waals surface area contributed by atoms with Crippen LogP contribution in [0.15, 0.2) is 60.7 Å². The number of hydrogen-bond donors (Lipinski definition) is 2. The fraction of sp³-hybridized carbons (Fsp3) is 0.273. The number of aliphatic carboxylic acids is 1. The summed E-state index contributed by atoms with van der Waals surface area (Å²) < 4.78 is 9.93. The molecule has 2 N–H and O–H groups in total. The molecule has 0 bridgehead atoms. The molecule has 30 heavy (non-hydrogen) atoms. The van der Waals surface area contributed by atoms with E-state index in [1.165, 1.54) is 0 Å². The van der Waals surface area contributed by atoms with E-state index < -0.39 is 42.9 Å². The second kappa shape index (κ2) is 12.0. The van der Waals surface area contributed by atoms with Crippen LogP contribution >= 0.6 is 0 Å². The molecule has 8 heteroatoms. The van der Waals surface area contributed by atoms with Crippen LogP contribution < -0.4 is 5.32 Å². The smallest absolute Gasteiger partial charge is 0.408 e. The van der Waals surface area contributed by atoms with Gasteiger partial charge in [-0.2, -0.15) is 0 Å². The summed E-state index contributed by atoms with van der Waals surface area (Å²) in [5.41, 5.74) is 1.69. The Morgan fingerprint density at radius 3 is 2.07 bits per heavy atom. The molecule has 1 amide bonds. The minimum absolute atomic E-state index is 0.0326. The quantitative estimate of drug-likeness (QED) is 0.543. The van der Waals surface area contributed by atoms with Crippen LogP contribution in [0.3, 0.4) is 0 Å². The average Bonchev–Trinajstić information content (AvgIpc) is 2.75. The van der Waals surface area contributed by atoms with E-state index in [-0.39, 0.29) is 13.0 Å². The number of esters is 1. The fourth-order valence-electron chi connectivity index (χ4n) is 2.54. The van der Waals surface area contributed by atoms with Crippen LogP contribution in [-0.4, -0.2) is 41.6 Å². The van der Waals surface area contributed by atoms with Crippen LogP contribution in [-0.2, 0) is 36.9 Å². The number of ketones is 1. The van der Waals surface area contributed by atoms with Gasteiger partial charge in [-0.15, -0.1) is 0 Å². The number of amides is 1. The molecule has 2 rings (SSSR count). The minimum atomic E-state index is -1.37. The van der Waals surface area contributed by atoms with Gasteiger partial charge in [0, 0.05) is 6.42 Å². The SMILES string of the molecule is O=C(O)C[C@H](NC(=O)OCc1ccccc1)C(=O)COC(=O)CCc1ccccc1. The summed E-state index contributed by atoms with van der Waals surface area (Å²) >= 11 is 0. The molecule has 0 saturated heterocycles. The molecular formula is C22H23NO7. The molecule has 2 aromatic carbocycles. The lowest BCUT2D eigenvalue weighted by atomic mass is 10.1. The van der Waals surface area contributed by atoms with Gasteiger partial charge in [0.1, 0.15) is 12.6 Å². The van der Waals surface area contributed by atoms with E-state index in [1.54, 1.807) is 24.3 Å². The van der Waals surface area contributed by atoms with Crippen molar-refractivity contribution in [2.75, 3.05) is 6.61 Å². The molecule has 2 aromatic rings. The summed E-state index contributed by atoms with van der Waals surface area (Å²) in [7, 11) is 0. The summed E-state index contributed by atoms with van der Waals surface area (Å²) in [6.07, 6.45) is -1.06. The molecular weight excluding hydrogens is 390 g/mol. The third-order valence-corrected chi connectivity index (χ3v) is 4.11. The van der Waals surface area contributed by atoms with Crippen molar-refractivity contribution in [2.45, 2.75) is 31.9 Å². The monoisotopic (exact) mass is 413 g/mol. The lowest BCUT2D eigenvalue weighted by molar-refractivity contribution is -0.149. The fourth-order valence-corrected chi connectivity index (χ4v) is 2.54. The molecule has 0 aliphatic rings. The summed E-state index contributed by atoms with van der Waals surface area (Å²) in [5, 5.41) is 11.2. The molecule has 0 aliphatic heterocycles. The Balaban J connectivity index is 1.79. The van der Waals surface area contributed by atoms with E-state index in [9.17, 15) is 19.2 Å². The van der Waals surface area contributed by atoms with Crippen LogP contribution in [0.2, 0.25) is 0 Å². The Hall–Kier alpha value is -3.68. The zero-order valence-electron chi connectivity index (χ0n) is 16.3. The Labute approximate surface area is 173 Å². The number of aryl methyl sites for hydroxylation is 1. The van der Waals surface area contributed by atoms with Gasteiger partial charge in [-0.05, 0) is 17.5 Å². The van der Waals surface area contributed by atoms with Crippen molar-refractivity contribution >= 4 is 23.8 Å². The number of hydrogen-bond acceptors (Lipinski definition) is 6. The lowest BCUT2D eigenvalue weighted by Gasteiger charge is -2.16. The van der Waals surface area contributed by atoms with Gasteiger partial charge in [0.05, 0.1) is 6.42 Å². The van der Waals surface area contributed by atoms with Gasteiger partial charge < -0.3 is 19.9 Å². The number of carboxylic acids is 1. The molecule has 0 heterocycles. The average molecular weight is 413 g/mol. The van der Waals surface area contributed by atoms with Crippen molar-refractivity contribution in [3.63, 3.8) is 0 Å². The van der Waals surface area contributed by atoms with Crippen LogP contribution in [0.25, 0.3) is 0 Å². The molecule has 1 atom stereocenters. The molecule has 0 spiro atoms. The third-order valence-electron chi connectivity index (χ3n) is 4.11. The van der Waals surface area contributed by atoms with E-state index in [2.05, 4.69) is 5.32 Å². The summed E-state index contributed by atoms with van der Waals surface area (Å²) in [4.78, 5) is 47.0. The Morgan fingerprint density at radius 2 is 1.47 bits per heavy atom. The van der Waals surface area contributed by atoms with E-state index in [0.29, 0.717) is 6.42 Å². The van der Waals surface area contributed by atoms with Crippen molar-refractivity contribution in [3.8, 4) is 0 Å². The van der Waals surface area contributed by atoms with Gasteiger partial charge in [-0.3, -0.25) is 14.4 Å². The molecule has 0 aliphatic carbocycles. The molecule has 0 fully saturated rings. The number of carbonyl (C=O) groups excluding carboxylic acids is 3. The lowest BCUT2D eigenvalue weighted by Crippen LogP contribution is -2.44. The zero-order chi connectivity index (χ0) is 21.8. The standard InChI is InChI=1S/C22H23NO7/c24-19(15-29-21(27)12-11-16-7-3-1-4-8-16)18(13-20(25)26)23-22(28)30-14-17-9-5-2-6-10-17/h1-10,18H,11-15H2,(H,23,28)(H,25,26)/t18-/m0/s1. The Bertz CT molecular complexity index is 852. The van der Waals surface area contributed by atoms with Gasteiger partial charge in [-0.25, -0.2) is 4.79 Å². The second-order valence-corrected chi connectivity index (χ2v) is 6.47. The highest BCUT2D eigenvalue weighted by Crippen LogP contribution is 2.05. The van der Waals surface area contributed by atoms with Crippen molar-refractivity contribution in [2.24, 2.45) is 0 Å². The van der Waals surface area contributed by atoms with Gasteiger partial charge >= 0.3 is 18.0 Å². The van der Waals surface area contributed by atoms with E-state index in [1.807, 2.05) is 36.4 Å². The van der Waals surface area contributed by atoms with Crippen molar-refractivity contribution < 1.29 is 33.8 Å². The number of Topliss-reactive ketones (excluding diaryl/α,β-unsaturated/α-hetero) is 1. The molecule has 0 saturated carbocycles. The highest BCUT2D eigenvalue weighted by molar-refractivity contribution is 5.92. The van der Waals surface area contributed by atoms with Crippen LogP contribution in [0, 0.1) is 0 Å². The first-order chi connectivity index (χ1) is 14.4. The predicted octanol–water partition coefficient (Wildman–Crippen LogP) is 2.50. The maximum atomic E-state index is 12.3. The third kappa shape index (κ3) is 8.55. The van der Waals surface area contributed by atoms with Gasteiger partial charge in [0.15, 0.2) is 12.4 Å². The topological polar surface area (TPSA) is 119 Å².